The number of rotatable bonds is 4. The third kappa shape index (κ3) is 3.66. The molecule has 3 amide bonds. The van der Waals surface area contributed by atoms with Gasteiger partial charge in [0.1, 0.15) is 11.4 Å². The van der Waals surface area contributed by atoms with Crippen molar-refractivity contribution in [3.8, 4) is 0 Å². The average Bonchev–Trinajstić information content (AvgIpc) is 2.61. The molecule has 1 fully saturated rings. The summed E-state index contributed by atoms with van der Waals surface area (Å²) >= 11 is 0. The Morgan fingerprint density at radius 1 is 1.39 bits per heavy atom. The van der Waals surface area contributed by atoms with Crippen molar-refractivity contribution in [2.45, 2.75) is 37.2 Å². The number of benzene rings is 1. The highest BCUT2D eigenvalue weighted by Gasteiger charge is 2.41. The molecular weight excluding hydrogens is 396 g/mol. The van der Waals surface area contributed by atoms with Crippen LogP contribution in [0.2, 0.25) is 0 Å². The molecule has 1 aromatic rings. The Morgan fingerprint density at radius 2 is 2.11 bits per heavy atom. The summed E-state index contributed by atoms with van der Waals surface area (Å²) in [6.07, 6.45) is 0.788. The molecule has 0 aromatic heterocycles. The molecule has 2 aliphatic heterocycles. The fourth-order valence-corrected chi connectivity index (χ4v) is 4.98. The second kappa shape index (κ2) is 7.60. The summed E-state index contributed by atoms with van der Waals surface area (Å²) in [4.78, 5) is 23.5. The Labute approximate surface area is 160 Å². The minimum atomic E-state index is -4.73. The first-order valence-electron chi connectivity index (χ1n) is 8.72. The summed E-state index contributed by atoms with van der Waals surface area (Å²) < 4.78 is 53.0. The van der Waals surface area contributed by atoms with Gasteiger partial charge in [0.25, 0.3) is 10.0 Å². The van der Waals surface area contributed by atoms with Crippen LogP contribution in [0.4, 0.5) is 19.3 Å². The molecule has 0 radical (unpaired) electrons. The lowest BCUT2D eigenvalue weighted by Gasteiger charge is -2.35. The number of hydrogen-bond acceptors (Lipinski definition) is 6. The molecule has 28 heavy (non-hydrogen) atoms. The molecule has 2 aliphatic rings. The van der Waals surface area contributed by atoms with Gasteiger partial charge in [0.05, 0.1) is 5.69 Å². The largest absolute Gasteiger partial charge is 0.352 e. The third-order valence-electron chi connectivity index (χ3n) is 4.96. The summed E-state index contributed by atoms with van der Waals surface area (Å²) in [5, 5.41) is 4.84. The zero-order valence-electron chi connectivity index (χ0n) is 15.3. The highest BCUT2D eigenvalue weighted by Crippen LogP contribution is 2.33. The number of amides is 3. The first-order valence-corrected chi connectivity index (χ1v) is 10.2. The Hall–Kier alpha value is -2.31. The van der Waals surface area contributed by atoms with E-state index < -0.39 is 45.0 Å². The molecule has 0 spiro atoms. The monoisotopic (exact) mass is 417 g/mol. The highest BCUT2D eigenvalue weighted by atomic mass is 32.2. The molecule has 3 atom stereocenters. The van der Waals surface area contributed by atoms with Gasteiger partial charge in [-0.15, -0.1) is 0 Å². The van der Waals surface area contributed by atoms with Gasteiger partial charge in [-0.05, 0) is 38.3 Å². The van der Waals surface area contributed by atoms with Crippen LogP contribution in [0.5, 0.6) is 0 Å². The van der Waals surface area contributed by atoms with Gasteiger partial charge in [0.15, 0.2) is 11.6 Å². The zero-order chi connectivity index (χ0) is 20.6. The molecule has 12 heteroatoms. The average molecular weight is 417 g/mol. The number of fused-ring (bicyclic) bond motifs is 1. The van der Waals surface area contributed by atoms with Gasteiger partial charge in [-0.1, -0.05) is 0 Å². The zero-order valence-corrected chi connectivity index (χ0v) is 16.1. The minimum Gasteiger partial charge on any atom is -0.352 e. The van der Waals surface area contributed by atoms with Crippen molar-refractivity contribution in [2.75, 3.05) is 18.4 Å². The van der Waals surface area contributed by atoms with Crippen LogP contribution < -0.4 is 21.5 Å². The summed E-state index contributed by atoms with van der Waals surface area (Å²) in [5.41, 5.74) is 5.69. The van der Waals surface area contributed by atoms with Crippen LogP contribution >= 0.6 is 0 Å². The van der Waals surface area contributed by atoms with Crippen LogP contribution in [0.3, 0.4) is 0 Å². The van der Waals surface area contributed by atoms with E-state index in [2.05, 4.69) is 21.5 Å². The summed E-state index contributed by atoms with van der Waals surface area (Å²) in [7, 11) is -4.73. The molecule has 1 saturated heterocycles. The van der Waals surface area contributed by atoms with Crippen LogP contribution in [-0.4, -0.2) is 49.8 Å². The smallest absolute Gasteiger partial charge is 0.336 e. The van der Waals surface area contributed by atoms with Crippen LogP contribution in [0.15, 0.2) is 17.0 Å². The van der Waals surface area contributed by atoms with Crippen LogP contribution in [0.25, 0.3) is 0 Å². The number of hydrogen-bond donors (Lipinski definition) is 4. The van der Waals surface area contributed by atoms with Crippen LogP contribution in [-0.2, 0) is 14.8 Å². The van der Waals surface area contributed by atoms with E-state index in [0.29, 0.717) is 12.6 Å². The lowest BCUT2D eigenvalue weighted by atomic mass is 9.89. The van der Waals surface area contributed by atoms with Gasteiger partial charge in [-0.3, -0.25) is 15.6 Å². The number of urea groups is 1. The van der Waals surface area contributed by atoms with Gasteiger partial charge >= 0.3 is 6.03 Å². The summed E-state index contributed by atoms with van der Waals surface area (Å²) in [5.74, 6) is -3.61. The SMILES string of the molecule is CC1NNCCC1[C@@H](C)NC(=O)CN1C(=O)Nc2ccc(F)c(F)c2S1(=O)=O. The Bertz CT molecular complexity index is 911. The van der Waals surface area contributed by atoms with Crippen molar-refractivity contribution in [3.05, 3.63) is 23.8 Å². The van der Waals surface area contributed by atoms with E-state index in [1.807, 2.05) is 6.92 Å². The molecule has 4 N–H and O–H groups in total. The first kappa shape index (κ1) is 20.4. The van der Waals surface area contributed by atoms with E-state index in [9.17, 15) is 26.8 Å². The van der Waals surface area contributed by atoms with E-state index >= 15 is 0 Å². The number of sulfonamides is 1. The van der Waals surface area contributed by atoms with Crippen molar-refractivity contribution >= 4 is 27.6 Å². The molecular formula is C16H21F2N5O4S. The lowest BCUT2D eigenvalue weighted by molar-refractivity contribution is -0.122. The Balaban J connectivity index is 1.77. The first-order chi connectivity index (χ1) is 13.1. The standard InChI is InChI=1S/C16H21F2N5O4S/c1-8(10-5-6-19-22-9(10)2)20-13(24)7-23-16(25)21-12-4-3-11(17)14(18)15(12)28(23,26)27/h3-4,8-10,19,22H,5-7H2,1-2H3,(H,20,24)(H,21,25)/t8-,9?,10?/m1/s1. The molecule has 9 nitrogen and oxygen atoms in total. The summed E-state index contributed by atoms with van der Waals surface area (Å²) in [6.45, 7) is 3.58. The van der Waals surface area contributed by atoms with E-state index in [1.165, 1.54) is 0 Å². The van der Waals surface area contributed by atoms with E-state index in [1.54, 1.807) is 6.92 Å². The highest BCUT2D eigenvalue weighted by molar-refractivity contribution is 7.90. The van der Waals surface area contributed by atoms with Crippen molar-refractivity contribution in [1.29, 1.82) is 0 Å². The maximum Gasteiger partial charge on any atom is 0.336 e. The van der Waals surface area contributed by atoms with Crippen molar-refractivity contribution in [3.63, 3.8) is 0 Å². The number of carbonyl (C=O) groups excluding carboxylic acids is 2. The Kier molecular flexibility index (Phi) is 5.55. The predicted molar refractivity (Wildman–Crippen MR) is 95.6 cm³/mol. The predicted octanol–water partition coefficient (Wildman–Crippen LogP) is 0.508. The molecule has 0 saturated carbocycles. The Morgan fingerprint density at radius 3 is 2.79 bits per heavy atom. The fourth-order valence-electron chi connectivity index (χ4n) is 3.49. The molecule has 1 aromatic carbocycles. The molecule has 0 aliphatic carbocycles. The molecule has 2 heterocycles. The van der Waals surface area contributed by atoms with Gasteiger partial charge in [-0.25, -0.2) is 26.3 Å². The normalized spacial score (nSPS) is 24.9. The van der Waals surface area contributed by atoms with Crippen LogP contribution in [0, 0.1) is 17.6 Å². The fraction of sp³-hybridized carbons (Fsp3) is 0.500. The number of carbonyl (C=O) groups is 2. The molecule has 2 unspecified atom stereocenters. The van der Waals surface area contributed by atoms with Crippen LogP contribution in [0.1, 0.15) is 20.3 Å². The third-order valence-corrected chi connectivity index (χ3v) is 6.75. The van der Waals surface area contributed by atoms with Crippen molar-refractivity contribution in [1.82, 2.24) is 20.5 Å². The number of nitrogens with one attached hydrogen (secondary N) is 4. The van der Waals surface area contributed by atoms with Gasteiger partial charge < -0.3 is 10.6 Å². The molecule has 154 valence electrons. The maximum atomic E-state index is 14.1. The van der Waals surface area contributed by atoms with Gasteiger partial charge in [0.2, 0.25) is 5.91 Å². The summed E-state index contributed by atoms with van der Waals surface area (Å²) in [6, 6.07) is 0.318. The van der Waals surface area contributed by atoms with Gasteiger partial charge in [0, 0.05) is 18.6 Å². The molecule has 3 rings (SSSR count). The number of halogens is 2. The second-order valence-electron chi connectivity index (χ2n) is 6.85. The van der Waals surface area contributed by atoms with Crippen molar-refractivity contribution < 1.29 is 26.8 Å². The minimum absolute atomic E-state index is 0.0648. The topological polar surface area (TPSA) is 120 Å². The van der Waals surface area contributed by atoms with Gasteiger partial charge in [-0.2, -0.15) is 0 Å². The van der Waals surface area contributed by atoms with E-state index in [0.717, 1.165) is 12.5 Å². The van der Waals surface area contributed by atoms with E-state index in [-0.39, 0.29) is 28.0 Å². The molecule has 0 bridgehead atoms. The van der Waals surface area contributed by atoms with Crippen molar-refractivity contribution in [2.24, 2.45) is 5.92 Å². The number of anilines is 1. The number of hydrazine groups is 1. The lowest BCUT2D eigenvalue weighted by Crippen LogP contribution is -2.56. The van der Waals surface area contributed by atoms with E-state index in [4.69, 9.17) is 0 Å². The maximum absolute atomic E-state index is 14.1. The quantitative estimate of drug-likeness (QED) is 0.567. The second-order valence-corrected chi connectivity index (χ2v) is 8.65. The number of nitrogens with zero attached hydrogens (tertiary/aromatic N) is 1.